The maximum Gasteiger partial charge on any atom is 0.315 e. The first-order valence-corrected chi connectivity index (χ1v) is 8.48. The molecule has 2 aromatic rings. The van der Waals surface area contributed by atoms with E-state index in [1.165, 1.54) is 5.56 Å². The Morgan fingerprint density at radius 1 is 1.21 bits per heavy atom. The van der Waals surface area contributed by atoms with Crippen LogP contribution in [-0.2, 0) is 6.42 Å². The number of nitrogens with zero attached hydrogens (tertiary/aromatic N) is 1. The molecule has 2 rings (SSSR count). The summed E-state index contributed by atoms with van der Waals surface area (Å²) in [5.41, 5.74) is 3.25. The van der Waals surface area contributed by atoms with Crippen LogP contribution in [0.4, 0.5) is 4.79 Å². The molecule has 130 valence electrons. The molecule has 0 unspecified atom stereocenters. The van der Waals surface area contributed by atoms with Gasteiger partial charge in [-0.2, -0.15) is 0 Å². The first-order valence-electron chi connectivity index (χ1n) is 8.48. The van der Waals surface area contributed by atoms with Crippen molar-refractivity contribution in [3.63, 3.8) is 0 Å². The molecule has 0 spiro atoms. The first-order chi connectivity index (χ1) is 11.5. The Hall–Kier alpha value is -2.30. The molecule has 0 aliphatic rings. The molecule has 24 heavy (non-hydrogen) atoms. The molecule has 0 saturated carbocycles. The standard InChI is InChI=1S/C19H27N3O2/c1-13(17-8-6-5-7-9-17)10-11-20-19(23)21-14(2)12-18-15(3)22-24-16(18)4/h5-9,13-14H,10-12H2,1-4H3,(H2,20,21,23)/t13-,14-/m1/s1. The van der Waals surface area contributed by atoms with Crippen molar-refractivity contribution in [1.29, 1.82) is 0 Å². The van der Waals surface area contributed by atoms with E-state index in [1.54, 1.807) is 0 Å². The summed E-state index contributed by atoms with van der Waals surface area (Å²) in [7, 11) is 0. The van der Waals surface area contributed by atoms with E-state index < -0.39 is 0 Å². The molecule has 2 atom stereocenters. The van der Waals surface area contributed by atoms with Gasteiger partial charge < -0.3 is 15.2 Å². The van der Waals surface area contributed by atoms with Gasteiger partial charge in [-0.1, -0.05) is 42.4 Å². The predicted molar refractivity (Wildman–Crippen MR) is 95.2 cm³/mol. The van der Waals surface area contributed by atoms with Crippen molar-refractivity contribution in [1.82, 2.24) is 15.8 Å². The van der Waals surface area contributed by atoms with Gasteiger partial charge in [0.15, 0.2) is 0 Å². The number of carbonyl (C=O) groups is 1. The lowest BCUT2D eigenvalue weighted by Crippen LogP contribution is -2.42. The molecule has 0 aliphatic heterocycles. The van der Waals surface area contributed by atoms with Crippen LogP contribution in [0.5, 0.6) is 0 Å². The average molecular weight is 329 g/mol. The van der Waals surface area contributed by atoms with Crippen LogP contribution < -0.4 is 10.6 Å². The number of carbonyl (C=O) groups excluding carboxylic acids is 1. The first kappa shape index (κ1) is 18.0. The van der Waals surface area contributed by atoms with Gasteiger partial charge in [0.25, 0.3) is 0 Å². The van der Waals surface area contributed by atoms with E-state index in [1.807, 2.05) is 39.0 Å². The third kappa shape index (κ3) is 5.11. The number of nitrogens with one attached hydrogen (secondary N) is 2. The quantitative estimate of drug-likeness (QED) is 0.813. The second kappa shape index (κ2) is 8.52. The number of aromatic nitrogens is 1. The third-order valence-corrected chi connectivity index (χ3v) is 4.30. The maximum absolute atomic E-state index is 12.0. The van der Waals surface area contributed by atoms with E-state index in [9.17, 15) is 4.79 Å². The van der Waals surface area contributed by atoms with Crippen LogP contribution in [0.3, 0.4) is 0 Å². The van der Waals surface area contributed by atoms with E-state index in [2.05, 4.69) is 34.8 Å². The van der Waals surface area contributed by atoms with Crippen molar-refractivity contribution < 1.29 is 9.32 Å². The molecule has 1 heterocycles. The molecular weight excluding hydrogens is 302 g/mol. The zero-order valence-corrected chi connectivity index (χ0v) is 14.9. The van der Waals surface area contributed by atoms with E-state index in [-0.39, 0.29) is 12.1 Å². The van der Waals surface area contributed by atoms with E-state index in [4.69, 9.17) is 4.52 Å². The normalized spacial score (nSPS) is 13.3. The second-order valence-electron chi connectivity index (χ2n) is 6.41. The fourth-order valence-corrected chi connectivity index (χ4v) is 2.78. The summed E-state index contributed by atoms with van der Waals surface area (Å²) in [6.07, 6.45) is 1.63. The number of urea groups is 1. The molecule has 2 amide bonds. The van der Waals surface area contributed by atoms with Crippen LogP contribution in [0.25, 0.3) is 0 Å². The van der Waals surface area contributed by atoms with Crippen molar-refractivity contribution in [2.75, 3.05) is 6.54 Å². The number of rotatable bonds is 7. The minimum absolute atomic E-state index is 0.0216. The highest BCUT2D eigenvalue weighted by Crippen LogP contribution is 2.17. The molecule has 0 bridgehead atoms. The van der Waals surface area contributed by atoms with Crippen LogP contribution >= 0.6 is 0 Å². The van der Waals surface area contributed by atoms with Gasteiger partial charge in [-0.3, -0.25) is 0 Å². The minimum Gasteiger partial charge on any atom is -0.361 e. The molecule has 5 heteroatoms. The average Bonchev–Trinajstić information content (AvgIpc) is 2.87. The molecule has 5 nitrogen and oxygen atoms in total. The van der Waals surface area contributed by atoms with Crippen LogP contribution in [0.1, 0.15) is 48.8 Å². The number of hydrogen-bond donors (Lipinski definition) is 2. The van der Waals surface area contributed by atoms with Gasteiger partial charge in [0.2, 0.25) is 0 Å². The van der Waals surface area contributed by atoms with Gasteiger partial charge in [0.1, 0.15) is 5.76 Å². The van der Waals surface area contributed by atoms with Gasteiger partial charge >= 0.3 is 6.03 Å². The topological polar surface area (TPSA) is 67.2 Å². The summed E-state index contributed by atoms with van der Waals surface area (Å²) in [6, 6.07) is 10.2. The summed E-state index contributed by atoms with van der Waals surface area (Å²) in [5, 5.41) is 9.84. The zero-order valence-electron chi connectivity index (χ0n) is 14.9. The largest absolute Gasteiger partial charge is 0.361 e. The van der Waals surface area contributed by atoms with Crippen molar-refractivity contribution in [2.24, 2.45) is 0 Å². The van der Waals surface area contributed by atoms with Crippen LogP contribution in [0.2, 0.25) is 0 Å². The number of amides is 2. The SMILES string of the molecule is Cc1noc(C)c1C[C@@H](C)NC(=O)NCC[C@@H](C)c1ccccc1. The Kier molecular flexibility index (Phi) is 6.41. The van der Waals surface area contributed by atoms with Crippen LogP contribution in [-0.4, -0.2) is 23.8 Å². The number of hydrogen-bond acceptors (Lipinski definition) is 3. The molecule has 1 aromatic heterocycles. The Balaban J connectivity index is 1.71. The Morgan fingerprint density at radius 3 is 2.54 bits per heavy atom. The molecule has 0 aliphatic carbocycles. The lowest BCUT2D eigenvalue weighted by atomic mass is 9.98. The van der Waals surface area contributed by atoms with E-state index >= 15 is 0 Å². The van der Waals surface area contributed by atoms with Gasteiger partial charge in [0.05, 0.1) is 5.69 Å². The Bertz CT molecular complexity index is 632. The van der Waals surface area contributed by atoms with Crippen LogP contribution in [0, 0.1) is 13.8 Å². The summed E-state index contributed by atoms with van der Waals surface area (Å²) in [4.78, 5) is 12.0. The van der Waals surface area contributed by atoms with Crippen LogP contribution in [0.15, 0.2) is 34.9 Å². The Morgan fingerprint density at radius 2 is 1.92 bits per heavy atom. The summed E-state index contributed by atoms with van der Waals surface area (Å²) in [5.74, 6) is 1.24. The van der Waals surface area contributed by atoms with Crippen molar-refractivity contribution >= 4 is 6.03 Å². The van der Waals surface area contributed by atoms with Gasteiger partial charge in [-0.15, -0.1) is 0 Å². The van der Waals surface area contributed by atoms with E-state index in [0.29, 0.717) is 12.5 Å². The number of benzene rings is 1. The zero-order chi connectivity index (χ0) is 17.5. The smallest absolute Gasteiger partial charge is 0.315 e. The molecule has 1 aromatic carbocycles. The molecule has 2 N–H and O–H groups in total. The fraction of sp³-hybridized carbons (Fsp3) is 0.474. The fourth-order valence-electron chi connectivity index (χ4n) is 2.78. The molecule has 0 saturated heterocycles. The summed E-state index contributed by atoms with van der Waals surface area (Å²) < 4.78 is 5.16. The monoisotopic (exact) mass is 329 g/mol. The van der Waals surface area contributed by atoms with Gasteiger partial charge in [-0.25, -0.2) is 4.79 Å². The van der Waals surface area contributed by atoms with Crippen molar-refractivity contribution in [3.8, 4) is 0 Å². The lowest BCUT2D eigenvalue weighted by Gasteiger charge is -2.16. The van der Waals surface area contributed by atoms with E-state index in [0.717, 1.165) is 29.9 Å². The minimum atomic E-state index is -0.130. The Labute approximate surface area is 143 Å². The predicted octanol–water partition coefficient (Wildman–Crippen LogP) is 3.72. The molecule has 0 radical (unpaired) electrons. The van der Waals surface area contributed by atoms with Gasteiger partial charge in [0, 0.05) is 18.2 Å². The van der Waals surface area contributed by atoms with Gasteiger partial charge in [-0.05, 0) is 45.1 Å². The maximum atomic E-state index is 12.0. The third-order valence-electron chi connectivity index (χ3n) is 4.30. The summed E-state index contributed by atoms with van der Waals surface area (Å²) >= 11 is 0. The highest BCUT2D eigenvalue weighted by Gasteiger charge is 2.14. The van der Waals surface area contributed by atoms with Crippen molar-refractivity contribution in [2.45, 2.75) is 52.5 Å². The van der Waals surface area contributed by atoms with Crippen molar-refractivity contribution in [3.05, 3.63) is 52.9 Å². The highest BCUT2D eigenvalue weighted by atomic mass is 16.5. The highest BCUT2D eigenvalue weighted by molar-refractivity contribution is 5.74. The molecular formula is C19H27N3O2. The summed E-state index contributed by atoms with van der Waals surface area (Å²) in [6.45, 7) is 8.63. The second-order valence-corrected chi connectivity index (χ2v) is 6.41. The molecule has 0 fully saturated rings. The lowest BCUT2D eigenvalue weighted by molar-refractivity contribution is 0.237. The number of aryl methyl sites for hydroxylation is 2.